The van der Waals surface area contributed by atoms with E-state index in [1.54, 1.807) is 25.5 Å². The largest absolute Gasteiger partial charge is 0.497 e. The normalized spacial score (nSPS) is 10.1. The average molecular weight is 276 g/mol. The van der Waals surface area contributed by atoms with Gasteiger partial charge in [-0.2, -0.15) is 0 Å². The van der Waals surface area contributed by atoms with E-state index in [0.29, 0.717) is 5.56 Å². The Morgan fingerprint density at radius 3 is 2.42 bits per heavy atom. The van der Waals surface area contributed by atoms with Crippen LogP contribution in [0.2, 0.25) is 0 Å². The Kier molecular flexibility index (Phi) is 4.06. The van der Waals surface area contributed by atoms with Crippen molar-refractivity contribution in [1.29, 1.82) is 0 Å². The third kappa shape index (κ3) is 2.71. The lowest BCUT2D eigenvalue weighted by Crippen LogP contribution is -2.17. The molecule has 4 nitrogen and oxygen atoms in total. The van der Waals surface area contributed by atoms with Gasteiger partial charge in [0.15, 0.2) is 0 Å². The van der Waals surface area contributed by atoms with Crippen LogP contribution < -0.4 is 15.4 Å². The Morgan fingerprint density at radius 2 is 1.89 bits per heavy atom. The summed E-state index contributed by atoms with van der Waals surface area (Å²) < 4.78 is 5.14. The van der Waals surface area contributed by atoms with Crippen molar-refractivity contribution in [2.45, 2.75) is 0 Å². The van der Waals surface area contributed by atoms with Gasteiger partial charge in [-0.3, -0.25) is 4.79 Å². The molecular weight excluding hydrogens is 260 g/mol. The highest BCUT2D eigenvalue weighted by Gasteiger charge is 2.14. The number of thiophene rings is 1. The van der Waals surface area contributed by atoms with Crippen LogP contribution in [-0.4, -0.2) is 27.1 Å². The van der Waals surface area contributed by atoms with E-state index in [1.165, 1.54) is 0 Å². The van der Waals surface area contributed by atoms with Crippen molar-refractivity contribution < 1.29 is 9.53 Å². The molecule has 0 aliphatic carbocycles. The number of hydrogen-bond acceptors (Lipinski definition) is 4. The number of carbonyl (C=O) groups excluding carboxylic acids is 1. The van der Waals surface area contributed by atoms with Crippen LogP contribution in [0.25, 0.3) is 10.4 Å². The van der Waals surface area contributed by atoms with Crippen LogP contribution in [0.1, 0.15) is 10.4 Å². The van der Waals surface area contributed by atoms with Crippen molar-refractivity contribution in [3.05, 3.63) is 35.9 Å². The third-order valence-corrected chi connectivity index (χ3v) is 4.01. The van der Waals surface area contributed by atoms with Gasteiger partial charge in [-0.25, -0.2) is 0 Å². The zero-order valence-electron chi connectivity index (χ0n) is 11.1. The van der Waals surface area contributed by atoms with E-state index in [2.05, 4.69) is 10.6 Å². The molecule has 0 unspecified atom stereocenters. The summed E-state index contributed by atoms with van der Waals surface area (Å²) >= 11 is 1.56. The maximum Gasteiger partial charge on any atom is 0.254 e. The predicted molar refractivity (Wildman–Crippen MR) is 79.2 cm³/mol. The van der Waals surface area contributed by atoms with Crippen molar-refractivity contribution in [3.8, 4) is 16.2 Å². The van der Waals surface area contributed by atoms with Gasteiger partial charge in [-0.15, -0.1) is 11.3 Å². The summed E-state index contributed by atoms with van der Waals surface area (Å²) in [5.74, 6) is 0.737. The van der Waals surface area contributed by atoms with Crippen LogP contribution in [0.15, 0.2) is 30.3 Å². The molecule has 0 saturated heterocycles. The standard InChI is InChI=1S/C14H16N2O2S/c1-15-13(17)11-8-12(19-14(11)16-2)9-4-6-10(18-3)7-5-9/h4-8,16H,1-3H3,(H,15,17). The first-order valence-corrected chi connectivity index (χ1v) is 6.69. The molecule has 0 bridgehead atoms. The highest BCUT2D eigenvalue weighted by Crippen LogP contribution is 2.35. The highest BCUT2D eigenvalue weighted by molar-refractivity contribution is 7.19. The summed E-state index contributed by atoms with van der Waals surface area (Å²) in [5, 5.41) is 6.57. The quantitative estimate of drug-likeness (QED) is 0.903. The summed E-state index contributed by atoms with van der Waals surface area (Å²) in [7, 11) is 5.09. The highest BCUT2D eigenvalue weighted by atomic mass is 32.1. The molecule has 0 radical (unpaired) electrons. The van der Waals surface area contributed by atoms with Crippen LogP contribution in [0.4, 0.5) is 5.00 Å². The lowest BCUT2D eigenvalue weighted by Gasteiger charge is -2.00. The molecule has 2 aromatic rings. The van der Waals surface area contributed by atoms with Crippen LogP contribution in [-0.2, 0) is 0 Å². The van der Waals surface area contributed by atoms with E-state index in [1.807, 2.05) is 37.4 Å². The molecule has 0 atom stereocenters. The number of ether oxygens (including phenoxy) is 1. The van der Waals surface area contributed by atoms with E-state index in [4.69, 9.17) is 4.74 Å². The summed E-state index contributed by atoms with van der Waals surface area (Å²) in [6.07, 6.45) is 0. The maximum atomic E-state index is 11.8. The Morgan fingerprint density at radius 1 is 1.21 bits per heavy atom. The first-order chi connectivity index (χ1) is 9.19. The van der Waals surface area contributed by atoms with Gasteiger partial charge in [-0.1, -0.05) is 0 Å². The van der Waals surface area contributed by atoms with E-state index in [-0.39, 0.29) is 5.91 Å². The lowest BCUT2D eigenvalue weighted by molar-refractivity contribution is 0.0964. The topological polar surface area (TPSA) is 50.4 Å². The number of carbonyl (C=O) groups is 1. The number of amides is 1. The molecule has 19 heavy (non-hydrogen) atoms. The second-order valence-corrected chi connectivity index (χ2v) is 4.96. The van der Waals surface area contributed by atoms with Gasteiger partial charge in [0.25, 0.3) is 5.91 Å². The summed E-state index contributed by atoms with van der Waals surface area (Å²) in [5.41, 5.74) is 1.73. The molecule has 1 aromatic heterocycles. The zero-order valence-corrected chi connectivity index (χ0v) is 11.9. The zero-order chi connectivity index (χ0) is 13.8. The number of rotatable bonds is 4. The molecular formula is C14H16N2O2S. The summed E-state index contributed by atoms with van der Waals surface area (Å²) in [4.78, 5) is 12.8. The minimum atomic E-state index is -0.0830. The SMILES string of the molecule is CNC(=O)c1cc(-c2ccc(OC)cc2)sc1NC. The Bertz CT molecular complexity index is 576. The van der Waals surface area contributed by atoms with Gasteiger partial charge < -0.3 is 15.4 Å². The molecule has 1 aromatic carbocycles. The molecule has 100 valence electrons. The predicted octanol–water partition coefficient (Wildman–Crippen LogP) is 2.83. The molecule has 1 amide bonds. The smallest absolute Gasteiger partial charge is 0.254 e. The van der Waals surface area contributed by atoms with E-state index in [0.717, 1.165) is 21.2 Å². The number of hydrogen-bond donors (Lipinski definition) is 2. The average Bonchev–Trinajstić information content (AvgIpc) is 2.90. The van der Waals surface area contributed by atoms with Crippen LogP contribution >= 0.6 is 11.3 Å². The second kappa shape index (κ2) is 5.75. The van der Waals surface area contributed by atoms with Crippen molar-refractivity contribution >= 4 is 22.2 Å². The van der Waals surface area contributed by atoms with Gasteiger partial charge in [0.05, 0.1) is 12.7 Å². The van der Waals surface area contributed by atoms with Crippen molar-refractivity contribution in [2.24, 2.45) is 0 Å². The molecule has 2 rings (SSSR count). The van der Waals surface area contributed by atoms with Gasteiger partial charge in [0.1, 0.15) is 10.8 Å². The molecule has 0 aliphatic heterocycles. The molecule has 0 spiro atoms. The van der Waals surface area contributed by atoms with Gasteiger partial charge in [0.2, 0.25) is 0 Å². The first-order valence-electron chi connectivity index (χ1n) is 5.87. The summed E-state index contributed by atoms with van der Waals surface area (Å²) in [6, 6.07) is 9.69. The number of methoxy groups -OCH3 is 1. The molecule has 5 heteroatoms. The third-order valence-electron chi connectivity index (χ3n) is 2.81. The van der Waals surface area contributed by atoms with Gasteiger partial charge in [0, 0.05) is 19.0 Å². The number of benzene rings is 1. The maximum absolute atomic E-state index is 11.8. The van der Waals surface area contributed by atoms with Gasteiger partial charge in [-0.05, 0) is 35.9 Å². The number of nitrogens with one attached hydrogen (secondary N) is 2. The lowest BCUT2D eigenvalue weighted by atomic mass is 10.1. The van der Waals surface area contributed by atoms with E-state index in [9.17, 15) is 4.79 Å². The van der Waals surface area contributed by atoms with Gasteiger partial charge >= 0.3 is 0 Å². The Hall–Kier alpha value is -2.01. The fraction of sp³-hybridized carbons (Fsp3) is 0.214. The molecule has 0 fully saturated rings. The van der Waals surface area contributed by atoms with Crippen molar-refractivity contribution in [2.75, 3.05) is 26.5 Å². The van der Waals surface area contributed by atoms with Crippen LogP contribution in [0.5, 0.6) is 5.75 Å². The number of anilines is 1. The van der Waals surface area contributed by atoms with Crippen molar-refractivity contribution in [3.63, 3.8) is 0 Å². The minimum absolute atomic E-state index is 0.0830. The fourth-order valence-corrected chi connectivity index (χ4v) is 2.79. The minimum Gasteiger partial charge on any atom is -0.497 e. The molecule has 0 saturated carbocycles. The Balaban J connectivity index is 2.39. The Labute approximate surface area is 116 Å². The molecule has 0 aliphatic rings. The van der Waals surface area contributed by atoms with E-state index < -0.39 is 0 Å². The van der Waals surface area contributed by atoms with Crippen LogP contribution in [0.3, 0.4) is 0 Å². The summed E-state index contributed by atoms with van der Waals surface area (Å²) in [6.45, 7) is 0. The fourth-order valence-electron chi connectivity index (χ4n) is 1.78. The first kappa shape index (κ1) is 13.4. The molecule has 2 N–H and O–H groups in total. The monoisotopic (exact) mass is 276 g/mol. The van der Waals surface area contributed by atoms with Crippen LogP contribution in [0, 0.1) is 0 Å². The van der Waals surface area contributed by atoms with Crippen molar-refractivity contribution in [1.82, 2.24) is 5.32 Å². The second-order valence-electron chi connectivity index (χ2n) is 3.91. The van der Waals surface area contributed by atoms with E-state index >= 15 is 0 Å². The molecule has 1 heterocycles.